The van der Waals surface area contributed by atoms with E-state index in [9.17, 15) is 14.7 Å². The zero-order valence-electron chi connectivity index (χ0n) is 27.0. The van der Waals surface area contributed by atoms with Crippen molar-refractivity contribution in [2.75, 3.05) is 18.1 Å². The first-order chi connectivity index (χ1) is 24.3. The molecule has 1 atom stereocenters. The van der Waals surface area contributed by atoms with Crippen LogP contribution in [0, 0.1) is 0 Å². The molecule has 0 bridgehead atoms. The van der Waals surface area contributed by atoms with Crippen LogP contribution >= 0.6 is 46.3 Å². The molecule has 1 aliphatic rings. The fourth-order valence-corrected chi connectivity index (χ4v) is 7.76. The van der Waals surface area contributed by atoms with Crippen molar-refractivity contribution < 1.29 is 28.9 Å². The number of Topliss-reactive ketones (excluding diaryl/α,β-unsaturated/α-hetero) is 1. The smallest absolute Gasteiger partial charge is 0.301 e. The number of ketones is 1. The van der Waals surface area contributed by atoms with Crippen LogP contribution in [0.2, 0.25) is 10.0 Å². The highest BCUT2D eigenvalue weighted by Crippen LogP contribution is 2.46. The molecule has 4 aromatic carbocycles. The predicted molar refractivity (Wildman–Crippen MR) is 197 cm³/mol. The fourth-order valence-electron chi connectivity index (χ4n) is 5.33. The molecular weight excluding hydrogens is 717 g/mol. The number of rotatable bonds is 13. The molecule has 1 aliphatic heterocycles. The minimum absolute atomic E-state index is 0.100. The van der Waals surface area contributed by atoms with E-state index >= 15 is 0 Å². The highest BCUT2D eigenvalue weighted by atomic mass is 35.5. The molecule has 256 valence electrons. The average molecular weight is 749 g/mol. The standard InChI is InChI=1S/C37H31Cl2N3O6S2/c1-3-46-27-15-11-23(12-16-27)33(43)31-32(24-13-17-29(30(18-24)47-4-2)48-20-22-8-6-5-7-9-22)42(35(45)34(31)44)36-40-41-37(50-36)49-21-25-10-14-26(38)19-28(25)39/h5-19,32,43H,3-4,20-21H2,1-2H3. The van der Waals surface area contributed by atoms with Crippen LogP contribution in [0.15, 0.2) is 101 Å². The molecule has 0 spiro atoms. The monoisotopic (exact) mass is 747 g/mol. The third kappa shape index (κ3) is 7.76. The van der Waals surface area contributed by atoms with E-state index in [0.717, 1.165) is 22.5 Å². The summed E-state index contributed by atoms with van der Waals surface area (Å²) in [4.78, 5) is 28.9. The second-order valence-electron chi connectivity index (χ2n) is 10.9. The lowest BCUT2D eigenvalue weighted by molar-refractivity contribution is -0.132. The van der Waals surface area contributed by atoms with E-state index in [1.165, 1.54) is 16.7 Å². The van der Waals surface area contributed by atoms with Gasteiger partial charge in [0.05, 0.1) is 24.8 Å². The molecule has 0 radical (unpaired) electrons. The van der Waals surface area contributed by atoms with Gasteiger partial charge in [-0.15, -0.1) is 10.2 Å². The molecule has 50 heavy (non-hydrogen) atoms. The number of carbonyl (C=O) groups excluding carboxylic acids is 2. The number of thioether (sulfide) groups is 1. The summed E-state index contributed by atoms with van der Waals surface area (Å²) >= 11 is 15.0. The van der Waals surface area contributed by atoms with E-state index in [4.69, 9.17) is 37.4 Å². The maximum absolute atomic E-state index is 13.8. The van der Waals surface area contributed by atoms with Crippen molar-refractivity contribution in [1.82, 2.24) is 10.2 Å². The van der Waals surface area contributed by atoms with Crippen LogP contribution in [0.4, 0.5) is 5.13 Å². The van der Waals surface area contributed by atoms with Crippen LogP contribution in [-0.4, -0.2) is 40.2 Å². The SMILES string of the molecule is CCOc1ccc(C(O)=C2C(=O)C(=O)N(c3nnc(SCc4ccc(Cl)cc4Cl)s3)C2c2ccc(OCc3ccccc3)c(OCC)c2)cc1. The van der Waals surface area contributed by atoms with Gasteiger partial charge in [0.2, 0.25) is 5.13 Å². The molecule has 9 nitrogen and oxygen atoms in total. The lowest BCUT2D eigenvalue weighted by Crippen LogP contribution is -2.29. The van der Waals surface area contributed by atoms with Gasteiger partial charge in [-0.1, -0.05) is 88.8 Å². The summed E-state index contributed by atoms with van der Waals surface area (Å²) in [5.41, 5.74) is 2.58. The molecule has 1 fully saturated rings. The number of nitrogens with zero attached hydrogens (tertiary/aromatic N) is 3. The maximum Gasteiger partial charge on any atom is 0.301 e. The number of benzene rings is 4. The van der Waals surface area contributed by atoms with Crippen molar-refractivity contribution in [3.8, 4) is 17.2 Å². The van der Waals surface area contributed by atoms with Crippen LogP contribution in [0.25, 0.3) is 5.76 Å². The van der Waals surface area contributed by atoms with Gasteiger partial charge in [-0.25, -0.2) is 0 Å². The number of aromatic nitrogens is 2. The molecule has 1 N–H and O–H groups in total. The minimum Gasteiger partial charge on any atom is -0.507 e. The Labute approximate surface area is 307 Å². The Kier molecular flexibility index (Phi) is 11.3. The van der Waals surface area contributed by atoms with E-state index < -0.39 is 17.7 Å². The Morgan fingerprint density at radius 1 is 0.880 bits per heavy atom. The third-order valence-electron chi connectivity index (χ3n) is 7.67. The van der Waals surface area contributed by atoms with Crippen LogP contribution in [-0.2, 0) is 21.9 Å². The van der Waals surface area contributed by atoms with Gasteiger partial charge in [-0.2, -0.15) is 0 Å². The van der Waals surface area contributed by atoms with Gasteiger partial charge in [-0.05, 0) is 79.1 Å². The largest absolute Gasteiger partial charge is 0.507 e. The predicted octanol–water partition coefficient (Wildman–Crippen LogP) is 9.14. The lowest BCUT2D eigenvalue weighted by atomic mass is 9.95. The number of halogens is 2. The Morgan fingerprint density at radius 2 is 1.64 bits per heavy atom. The van der Waals surface area contributed by atoms with Crippen LogP contribution in [0.1, 0.15) is 42.1 Å². The summed E-state index contributed by atoms with van der Waals surface area (Å²) < 4.78 is 18.2. The number of hydrogen-bond donors (Lipinski definition) is 1. The molecule has 1 amide bonds. The summed E-state index contributed by atoms with van der Waals surface area (Å²) in [5, 5.41) is 21.5. The highest BCUT2D eigenvalue weighted by Gasteiger charge is 2.48. The summed E-state index contributed by atoms with van der Waals surface area (Å²) in [6.45, 7) is 4.84. The minimum atomic E-state index is -1.06. The van der Waals surface area contributed by atoms with Crippen molar-refractivity contribution >= 4 is 68.9 Å². The van der Waals surface area contributed by atoms with Crippen LogP contribution in [0.3, 0.4) is 0 Å². The molecule has 0 saturated carbocycles. The topological polar surface area (TPSA) is 111 Å². The second-order valence-corrected chi connectivity index (χ2v) is 13.9. The number of carbonyl (C=O) groups is 2. The molecule has 0 aliphatic carbocycles. The van der Waals surface area contributed by atoms with Gasteiger partial charge in [0, 0.05) is 21.4 Å². The highest BCUT2D eigenvalue weighted by molar-refractivity contribution is 8.00. The lowest BCUT2D eigenvalue weighted by Gasteiger charge is -2.23. The Bertz CT molecular complexity index is 2040. The van der Waals surface area contributed by atoms with Gasteiger partial charge >= 0.3 is 5.91 Å². The van der Waals surface area contributed by atoms with Gasteiger partial charge in [-0.3, -0.25) is 14.5 Å². The van der Waals surface area contributed by atoms with Crippen molar-refractivity contribution in [1.29, 1.82) is 0 Å². The number of hydrogen-bond acceptors (Lipinski definition) is 10. The summed E-state index contributed by atoms with van der Waals surface area (Å²) in [7, 11) is 0. The van der Waals surface area contributed by atoms with Crippen molar-refractivity contribution in [2.24, 2.45) is 0 Å². The Hall–Kier alpha value is -4.55. The maximum atomic E-state index is 13.8. The normalized spacial score (nSPS) is 15.4. The zero-order chi connectivity index (χ0) is 35.2. The van der Waals surface area contributed by atoms with E-state index in [0.29, 0.717) is 68.3 Å². The third-order valence-corrected chi connectivity index (χ3v) is 10.4. The molecule has 5 aromatic rings. The molecule has 1 aromatic heterocycles. The number of anilines is 1. The summed E-state index contributed by atoms with van der Waals surface area (Å²) in [6.07, 6.45) is 0. The first kappa shape index (κ1) is 35.3. The fraction of sp³-hybridized carbons (Fsp3) is 0.189. The number of amides is 1. The molecule has 1 saturated heterocycles. The molecule has 1 unspecified atom stereocenters. The van der Waals surface area contributed by atoms with Gasteiger partial charge in [0.15, 0.2) is 15.8 Å². The Morgan fingerprint density at radius 3 is 2.36 bits per heavy atom. The zero-order valence-corrected chi connectivity index (χ0v) is 30.1. The van der Waals surface area contributed by atoms with E-state index in [-0.39, 0.29) is 16.5 Å². The van der Waals surface area contributed by atoms with Crippen molar-refractivity contribution in [2.45, 2.75) is 36.6 Å². The molecule has 2 heterocycles. The molecule has 13 heteroatoms. The van der Waals surface area contributed by atoms with Crippen LogP contribution < -0.4 is 19.1 Å². The second kappa shape index (κ2) is 16.0. The number of aliphatic hydroxyl groups excluding tert-OH is 1. The number of aliphatic hydroxyl groups is 1. The Balaban J connectivity index is 1.39. The molecule has 6 rings (SSSR count). The van der Waals surface area contributed by atoms with Gasteiger partial charge in [0.1, 0.15) is 18.1 Å². The number of ether oxygens (including phenoxy) is 3. The van der Waals surface area contributed by atoms with Gasteiger partial charge < -0.3 is 19.3 Å². The quantitative estimate of drug-likeness (QED) is 0.0414. The van der Waals surface area contributed by atoms with E-state index in [1.807, 2.05) is 50.2 Å². The average Bonchev–Trinajstić information content (AvgIpc) is 3.69. The first-order valence-electron chi connectivity index (χ1n) is 15.6. The van der Waals surface area contributed by atoms with E-state index in [2.05, 4.69) is 10.2 Å². The van der Waals surface area contributed by atoms with Gasteiger partial charge in [0.25, 0.3) is 5.78 Å². The summed E-state index contributed by atoms with van der Waals surface area (Å²) in [5.74, 6) is -0.0592. The van der Waals surface area contributed by atoms with Crippen molar-refractivity contribution in [3.63, 3.8) is 0 Å². The van der Waals surface area contributed by atoms with E-state index in [1.54, 1.807) is 54.6 Å². The van der Waals surface area contributed by atoms with Crippen LogP contribution in [0.5, 0.6) is 17.2 Å². The first-order valence-corrected chi connectivity index (χ1v) is 18.2. The summed E-state index contributed by atoms with van der Waals surface area (Å²) in [6, 6.07) is 25.8. The van der Waals surface area contributed by atoms with Crippen molar-refractivity contribution in [3.05, 3.63) is 129 Å². The molecular formula is C37H31Cl2N3O6S2.